The van der Waals surface area contributed by atoms with E-state index in [4.69, 9.17) is 0 Å². The summed E-state index contributed by atoms with van der Waals surface area (Å²) >= 11 is 0. The molecule has 1 fully saturated rings. The lowest BCUT2D eigenvalue weighted by atomic mass is 9.83. The largest absolute Gasteiger partial charge is 0.301 e. The smallest absolute Gasteiger partial charge is 0.00387 e. The molecule has 2 atom stereocenters. The summed E-state index contributed by atoms with van der Waals surface area (Å²) in [7, 11) is 0. The predicted octanol–water partition coefficient (Wildman–Crippen LogP) is 3.15. The van der Waals surface area contributed by atoms with Gasteiger partial charge in [0, 0.05) is 12.6 Å². The van der Waals surface area contributed by atoms with Gasteiger partial charge in [0.25, 0.3) is 0 Å². The van der Waals surface area contributed by atoms with E-state index >= 15 is 0 Å². The van der Waals surface area contributed by atoms with Crippen molar-refractivity contribution in [2.45, 2.75) is 53.0 Å². The molecule has 0 N–H and O–H groups in total. The molecule has 2 unspecified atom stereocenters. The summed E-state index contributed by atoms with van der Waals surface area (Å²) in [6.45, 7) is 12.0. The molecule has 0 aliphatic carbocycles. The zero-order valence-electron chi connectivity index (χ0n) is 9.71. The van der Waals surface area contributed by atoms with Crippen molar-refractivity contribution in [3.63, 3.8) is 0 Å². The van der Waals surface area contributed by atoms with E-state index in [1.165, 1.54) is 32.4 Å². The van der Waals surface area contributed by atoms with E-state index in [-0.39, 0.29) is 0 Å². The van der Waals surface area contributed by atoms with Crippen molar-refractivity contribution in [2.75, 3.05) is 13.1 Å². The second-order valence-electron chi connectivity index (χ2n) is 4.90. The molecule has 0 bridgehead atoms. The van der Waals surface area contributed by atoms with Crippen LogP contribution in [0.15, 0.2) is 0 Å². The second-order valence-corrected chi connectivity index (χ2v) is 4.90. The molecule has 1 aliphatic heterocycles. The quantitative estimate of drug-likeness (QED) is 0.649. The number of hydrogen-bond donors (Lipinski definition) is 0. The van der Waals surface area contributed by atoms with Crippen molar-refractivity contribution in [3.05, 3.63) is 0 Å². The topological polar surface area (TPSA) is 3.24 Å². The van der Waals surface area contributed by atoms with E-state index in [0.29, 0.717) is 0 Å². The highest BCUT2D eigenvalue weighted by molar-refractivity contribution is 4.79. The van der Waals surface area contributed by atoms with Crippen LogP contribution in [0.5, 0.6) is 0 Å². The first kappa shape index (κ1) is 11.0. The van der Waals surface area contributed by atoms with E-state index in [2.05, 4.69) is 32.6 Å². The van der Waals surface area contributed by atoms with Gasteiger partial charge in [-0.25, -0.2) is 0 Å². The van der Waals surface area contributed by atoms with E-state index < -0.39 is 0 Å². The number of nitrogens with zero attached hydrogens (tertiary/aromatic N) is 1. The van der Waals surface area contributed by atoms with Crippen LogP contribution in [0.25, 0.3) is 0 Å². The Labute approximate surface area is 83.5 Å². The van der Waals surface area contributed by atoms with Crippen LogP contribution in [0.3, 0.4) is 0 Å². The molecule has 1 saturated heterocycles. The number of hydrogen-bond acceptors (Lipinski definition) is 1. The lowest BCUT2D eigenvalue weighted by Crippen LogP contribution is -2.42. The first-order chi connectivity index (χ1) is 6.15. The third-order valence-electron chi connectivity index (χ3n) is 3.50. The summed E-state index contributed by atoms with van der Waals surface area (Å²) < 4.78 is 0. The summed E-state index contributed by atoms with van der Waals surface area (Å²) in [4.78, 5) is 2.62. The van der Waals surface area contributed by atoms with Crippen LogP contribution < -0.4 is 0 Å². The third-order valence-corrected chi connectivity index (χ3v) is 3.50. The van der Waals surface area contributed by atoms with Crippen LogP contribution in [0.4, 0.5) is 0 Å². The van der Waals surface area contributed by atoms with Crippen molar-refractivity contribution in [1.29, 1.82) is 0 Å². The average Bonchev–Trinajstić information content (AvgIpc) is 2.08. The summed E-state index contributed by atoms with van der Waals surface area (Å²) in [5, 5.41) is 0. The zero-order chi connectivity index (χ0) is 9.84. The minimum Gasteiger partial charge on any atom is -0.301 e. The summed E-state index contributed by atoms with van der Waals surface area (Å²) in [5.74, 6) is 1.91. The zero-order valence-corrected chi connectivity index (χ0v) is 9.71. The van der Waals surface area contributed by atoms with Crippen LogP contribution >= 0.6 is 0 Å². The fraction of sp³-hybridized carbons (Fsp3) is 1.00. The third kappa shape index (κ3) is 2.98. The standard InChI is InChI=1S/C12H25N/c1-5-6-12-7-8-13(10(2)3)9-11(12)4/h10-12H,5-9H2,1-4H3. The minimum atomic E-state index is 0.741. The molecule has 0 spiro atoms. The first-order valence-electron chi connectivity index (χ1n) is 5.89. The van der Waals surface area contributed by atoms with Crippen molar-refractivity contribution < 1.29 is 0 Å². The van der Waals surface area contributed by atoms with Gasteiger partial charge in [0.1, 0.15) is 0 Å². The van der Waals surface area contributed by atoms with Crippen molar-refractivity contribution >= 4 is 0 Å². The molecule has 0 aromatic heterocycles. The Morgan fingerprint density at radius 3 is 2.54 bits per heavy atom. The Kier molecular flexibility index (Phi) is 4.24. The molecule has 1 rings (SSSR count). The van der Waals surface area contributed by atoms with Crippen LogP contribution in [0.2, 0.25) is 0 Å². The van der Waals surface area contributed by atoms with Crippen molar-refractivity contribution in [2.24, 2.45) is 11.8 Å². The van der Waals surface area contributed by atoms with Gasteiger partial charge in [-0.3, -0.25) is 0 Å². The number of piperidine rings is 1. The Morgan fingerprint density at radius 1 is 1.38 bits per heavy atom. The minimum absolute atomic E-state index is 0.741. The van der Waals surface area contributed by atoms with Gasteiger partial charge in [-0.15, -0.1) is 0 Å². The first-order valence-corrected chi connectivity index (χ1v) is 5.89. The van der Waals surface area contributed by atoms with Crippen LogP contribution in [-0.2, 0) is 0 Å². The molecule has 0 aromatic rings. The Hall–Kier alpha value is -0.0400. The predicted molar refractivity (Wildman–Crippen MR) is 58.9 cm³/mol. The summed E-state index contributed by atoms with van der Waals surface area (Å²) in [6, 6.07) is 0.741. The van der Waals surface area contributed by atoms with Gasteiger partial charge in [-0.05, 0) is 38.6 Å². The molecule has 0 radical (unpaired) electrons. The normalized spacial score (nSPS) is 31.2. The highest BCUT2D eigenvalue weighted by Crippen LogP contribution is 2.27. The van der Waals surface area contributed by atoms with Gasteiger partial charge >= 0.3 is 0 Å². The molecule has 0 aromatic carbocycles. The molecule has 1 heterocycles. The molecular formula is C12H25N. The Balaban J connectivity index is 2.37. The van der Waals surface area contributed by atoms with Crippen LogP contribution in [-0.4, -0.2) is 24.0 Å². The fourth-order valence-electron chi connectivity index (χ4n) is 2.50. The van der Waals surface area contributed by atoms with Gasteiger partial charge in [-0.2, -0.15) is 0 Å². The van der Waals surface area contributed by atoms with Gasteiger partial charge in [0.15, 0.2) is 0 Å². The number of rotatable bonds is 3. The molecule has 13 heavy (non-hydrogen) atoms. The van der Waals surface area contributed by atoms with E-state index in [0.717, 1.165) is 17.9 Å². The van der Waals surface area contributed by atoms with Gasteiger partial charge in [0.05, 0.1) is 0 Å². The highest BCUT2D eigenvalue weighted by atomic mass is 15.2. The van der Waals surface area contributed by atoms with Gasteiger partial charge in [0.2, 0.25) is 0 Å². The molecule has 78 valence electrons. The second kappa shape index (κ2) is 4.99. The van der Waals surface area contributed by atoms with Crippen molar-refractivity contribution in [3.8, 4) is 0 Å². The molecule has 1 aliphatic rings. The lowest BCUT2D eigenvalue weighted by molar-refractivity contribution is 0.0976. The van der Waals surface area contributed by atoms with Gasteiger partial charge < -0.3 is 4.90 Å². The SMILES string of the molecule is CCCC1CCN(C(C)C)CC1C. The summed E-state index contributed by atoms with van der Waals surface area (Å²) in [5.41, 5.74) is 0. The van der Waals surface area contributed by atoms with E-state index in [1.54, 1.807) is 0 Å². The summed E-state index contributed by atoms with van der Waals surface area (Å²) in [6.07, 6.45) is 4.22. The lowest BCUT2D eigenvalue weighted by Gasteiger charge is -2.39. The van der Waals surface area contributed by atoms with Gasteiger partial charge in [-0.1, -0.05) is 26.7 Å². The molecule has 1 nitrogen and oxygen atoms in total. The average molecular weight is 183 g/mol. The monoisotopic (exact) mass is 183 g/mol. The Morgan fingerprint density at radius 2 is 2.08 bits per heavy atom. The maximum Gasteiger partial charge on any atom is 0.00387 e. The molecule has 0 saturated carbocycles. The fourth-order valence-corrected chi connectivity index (χ4v) is 2.50. The van der Waals surface area contributed by atoms with E-state index in [1.807, 2.05) is 0 Å². The number of likely N-dealkylation sites (tertiary alicyclic amines) is 1. The highest BCUT2D eigenvalue weighted by Gasteiger charge is 2.26. The maximum atomic E-state index is 2.62. The Bertz CT molecular complexity index is 142. The van der Waals surface area contributed by atoms with Crippen molar-refractivity contribution in [1.82, 2.24) is 4.90 Å². The molecule has 1 heteroatoms. The van der Waals surface area contributed by atoms with E-state index in [9.17, 15) is 0 Å². The van der Waals surface area contributed by atoms with Crippen LogP contribution in [0, 0.1) is 11.8 Å². The molecule has 0 amide bonds. The molecular weight excluding hydrogens is 158 g/mol. The van der Waals surface area contributed by atoms with Crippen LogP contribution in [0.1, 0.15) is 47.0 Å². The maximum absolute atomic E-state index is 2.62.